The Labute approximate surface area is 156 Å². The minimum absolute atomic E-state index is 0.103. The molecule has 0 aromatic heterocycles. The summed E-state index contributed by atoms with van der Waals surface area (Å²) >= 11 is 3.42. The van der Waals surface area contributed by atoms with E-state index in [0.29, 0.717) is 29.9 Å². The van der Waals surface area contributed by atoms with E-state index in [2.05, 4.69) is 20.7 Å². The van der Waals surface area contributed by atoms with E-state index in [0.717, 1.165) is 15.6 Å². The van der Waals surface area contributed by atoms with Crippen LogP contribution in [0, 0.1) is 13.8 Å². The molecule has 0 unspecified atom stereocenters. The maximum atomic E-state index is 12.9. The van der Waals surface area contributed by atoms with Crippen molar-refractivity contribution in [2.24, 2.45) is 0 Å². The van der Waals surface area contributed by atoms with Crippen molar-refractivity contribution in [3.8, 4) is 0 Å². The summed E-state index contributed by atoms with van der Waals surface area (Å²) in [6.45, 7) is 5.66. The highest BCUT2D eigenvalue weighted by molar-refractivity contribution is 9.10. The number of hydrogen-bond acceptors (Lipinski definition) is 3. The Morgan fingerprint density at radius 3 is 2.60 bits per heavy atom. The van der Waals surface area contributed by atoms with E-state index in [4.69, 9.17) is 0 Å². The standard InChI is InChI=1S/C18H19BrN2O3S/c1-11-4-5-12(2)17(8-11)25(23,24)20-16-10-15(19)9-14-6-7-21(13(3)22)18(14)16/h4-5,8-10,20H,6-7H2,1-3H3. The van der Waals surface area contributed by atoms with Crippen LogP contribution in [0.3, 0.4) is 0 Å². The molecular formula is C18H19BrN2O3S. The summed E-state index contributed by atoms with van der Waals surface area (Å²) in [7, 11) is -3.76. The van der Waals surface area contributed by atoms with E-state index < -0.39 is 10.0 Å². The highest BCUT2D eigenvalue weighted by Gasteiger charge is 2.28. The van der Waals surface area contributed by atoms with Gasteiger partial charge in [0.1, 0.15) is 0 Å². The van der Waals surface area contributed by atoms with Gasteiger partial charge in [-0.25, -0.2) is 8.42 Å². The van der Waals surface area contributed by atoms with Gasteiger partial charge in [-0.05, 0) is 55.2 Å². The first-order valence-corrected chi connectivity index (χ1v) is 10.2. The molecule has 0 spiro atoms. The smallest absolute Gasteiger partial charge is 0.262 e. The molecule has 1 N–H and O–H groups in total. The molecule has 5 nitrogen and oxygen atoms in total. The summed E-state index contributed by atoms with van der Waals surface area (Å²) in [6.07, 6.45) is 0.701. The van der Waals surface area contributed by atoms with E-state index >= 15 is 0 Å². The number of fused-ring (bicyclic) bond motifs is 1. The maximum absolute atomic E-state index is 12.9. The quantitative estimate of drug-likeness (QED) is 0.817. The number of aryl methyl sites for hydroxylation is 2. The average molecular weight is 423 g/mol. The first-order valence-electron chi connectivity index (χ1n) is 7.89. The molecule has 2 aromatic rings. The Hall–Kier alpha value is -1.86. The highest BCUT2D eigenvalue weighted by Crippen LogP contribution is 2.39. The summed E-state index contributed by atoms with van der Waals surface area (Å²) in [6, 6.07) is 8.94. The molecule has 132 valence electrons. The molecule has 1 amide bonds. The monoisotopic (exact) mass is 422 g/mol. The van der Waals surface area contributed by atoms with E-state index in [1.165, 1.54) is 6.92 Å². The lowest BCUT2D eigenvalue weighted by Crippen LogP contribution is -2.27. The molecule has 7 heteroatoms. The van der Waals surface area contributed by atoms with Crippen molar-refractivity contribution >= 4 is 43.2 Å². The summed E-state index contributed by atoms with van der Waals surface area (Å²) in [5.41, 5.74) is 3.55. The van der Waals surface area contributed by atoms with Gasteiger partial charge in [0.25, 0.3) is 10.0 Å². The first-order chi connectivity index (χ1) is 11.7. The van der Waals surface area contributed by atoms with Gasteiger partial charge in [-0.3, -0.25) is 9.52 Å². The molecule has 0 radical (unpaired) electrons. The number of carbonyl (C=O) groups is 1. The van der Waals surface area contributed by atoms with Crippen molar-refractivity contribution in [2.45, 2.75) is 32.1 Å². The Bertz CT molecular complexity index is 971. The minimum atomic E-state index is -3.76. The zero-order valence-corrected chi connectivity index (χ0v) is 16.7. The molecule has 0 atom stereocenters. The van der Waals surface area contributed by atoms with Gasteiger partial charge in [0.05, 0.1) is 16.3 Å². The number of benzene rings is 2. The molecule has 1 aliphatic rings. The zero-order chi connectivity index (χ0) is 18.4. The molecule has 3 rings (SSSR count). The Morgan fingerprint density at radius 2 is 1.92 bits per heavy atom. The third kappa shape index (κ3) is 3.43. The molecule has 0 aliphatic carbocycles. The second-order valence-corrected chi connectivity index (χ2v) is 8.82. The Balaban J connectivity index is 2.09. The lowest BCUT2D eigenvalue weighted by molar-refractivity contribution is -0.116. The molecular weight excluding hydrogens is 404 g/mol. The highest BCUT2D eigenvalue weighted by atomic mass is 79.9. The molecule has 2 aromatic carbocycles. The number of nitrogens with zero attached hydrogens (tertiary/aromatic N) is 1. The van der Waals surface area contributed by atoms with Gasteiger partial charge < -0.3 is 4.90 Å². The zero-order valence-electron chi connectivity index (χ0n) is 14.3. The number of nitrogens with one attached hydrogen (secondary N) is 1. The SMILES string of the molecule is CC(=O)N1CCc2cc(Br)cc(NS(=O)(=O)c3cc(C)ccc3C)c21. The summed E-state index contributed by atoms with van der Waals surface area (Å²) in [5.74, 6) is -0.103. The average Bonchev–Trinajstić information content (AvgIpc) is 2.93. The van der Waals surface area contributed by atoms with Gasteiger partial charge in [-0.1, -0.05) is 28.1 Å². The molecule has 0 fully saturated rings. The van der Waals surface area contributed by atoms with Crippen LogP contribution in [0.15, 0.2) is 39.7 Å². The van der Waals surface area contributed by atoms with Crippen molar-refractivity contribution in [1.29, 1.82) is 0 Å². The van der Waals surface area contributed by atoms with Gasteiger partial charge in [0, 0.05) is 17.9 Å². The predicted octanol–water partition coefficient (Wildman–Crippen LogP) is 3.78. The van der Waals surface area contributed by atoms with E-state index in [9.17, 15) is 13.2 Å². The van der Waals surface area contributed by atoms with Crippen molar-refractivity contribution in [1.82, 2.24) is 0 Å². The first kappa shape index (κ1) is 17.9. The van der Waals surface area contributed by atoms with Gasteiger partial charge in [-0.15, -0.1) is 0 Å². The molecule has 1 heterocycles. The van der Waals surface area contributed by atoms with Crippen molar-refractivity contribution in [3.63, 3.8) is 0 Å². The van der Waals surface area contributed by atoms with Crippen molar-refractivity contribution in [2.75, 3.05) is 16.2 Å². The van der Waals surface area contributed by atoms with Crippen LogP contribution >= 0.6 is 15.9 Å². The number of sulfonamides is 1. The van der Waals surface area contributed by atoms with Crippen LogP contribution in [0.2, 0.25) is 0 Å². The predicted molar refractivity (Wildman–Crippen MR) is 103 cm³/mol. The normalized spacial score (nSPS) is 13.7. The molecule has 25 heavy (non-hydrogen) atoms. The Kier molecular flexibility index (Phi) is 4.64. The van der Waals surface area contributed by atoms with Gasteiger partial charge in [0.15, 0.2) is 0 Å². The van der Waals surface area contributed by atoms with Crippen LogP contribution in [0.25, 0.3) is 0 Å². The summed E-state index contributed by atoms with van der Waals surface area (Å²) < 4.78 is 29.3. The van der Waals surface area contributed by atoms with Crippen LogP contribution < -0.4 is 9.62 Å². The van der Waals surface area contributed by atoms with Crippen LogP contribution in [0.1, 0.15) is 23.6 Å². The summed E-state index contributed by atoms with van der Waals surface area (Å²) in [5, 5.41) is 0. The fraction of sp³-hybridized carbons (Fsp3) is 0.278. The summed E-state index contributed by atoms with van der Waals surface area (Å²) in [4.78, 5) is 13.8. The lowest BCUT2D eigenvalue weighted by Gasteiger charge is -2.20. The van der Waals surface area contributed by atoms with Crippen LogP contribution in [0.5, 0.6) is 0 Å². The fourth-order valence-electron chi connectivity index (χ4n) is 3.10. The molecule has 0 saturated carbocycles. The molecule has 0 saturated heterocycles. The van der Waals surface area contributed by atoms with E-state index in [-0.39, 0.29) is 10.8 Å². The molecule has 0 bridgehead atoms. The number of carbonyl (C=O) groups excluding carboxylic acids is 1. The minimum Gasteiger partial charge on any atom is -0.310 e. The second-order valence-electron chi connectivity index (χ2n) is 6.26. The number of rotatable bonds is 3. The molecule has 1 aliphatic heterocycles. The topological polar surface area (TPSA) is 66.5 Å². The van der Waals surface area contributed by atoms with Crippen LogP contribution in [-0.2, 0) is 21.2 Å². The number of anilines is 2. The lowest BCUT2D eigenvalue weighted by atomic mass is 10.1. The number of amides is 1. The fourth-order valence-corrected chi connectivity index (χ4v) is 4.99. The van der Waals surface area contributed by atoms with Crippen LogP contribution in [-0.4, -0.2) is 20.9 Å². The second kappa shape index (κ2) is 6.46. The maximum Gasteiger partial charge on any atom is 0.262 e. The number of halogens is 1. The number of hydrogen-bond donors (Lipinski definition) is 1. The van der Waals surface area contributed by atoms with Crippen LogP contribution in [0.4, 0.5) is 11.4 Å². The third-order valence-corrected chi connectivity index (χ3v) is 6.25. The van der Waals surface area contributed by atoms with Gasteiger partial charge >= 0.3 is 0 Å². The largest absolute Gasteiger partial charge is 0.310 e. The van der Waals surface area contributed by atoms with Gasteiger partial charge in [0.2, 0.25) is 5.91 Å². The third-order valence-electron chi connectivity index (χ3n) is 4.29. The van der Waals surface area contributed by atoms with E-state index in [1.54, 1.807) is 30.0 Å². The van der Waals surface area contributed by atoms with E-state index in [1.807, 2.05) is 19.1 Å². The van der Waals surface area contributed by atoms with Crippen molar-refractivity contribution in [3.05, 3.63) is 51.5 Å². The van der Waals surface area contributed by atoms with Crippen molar-refractivity contribution < 1.29 is 13.2 Å². The van der Waals surface area contributed by atoms with Gasteiger partial charge in [-0.2, -0.15) is 0 Å². The Morgan fingerprint density at radius 1 is 1.20 bits per heavy atom.